The highest BCUT2D eigenvalue weighted by molar-refractivity contribution is 5.94. The van der Waals surface area contributed by atoms with Crippen LogP contribution < -0.4 is 22.5 Å². The predicted octanol–water partition coefficient (Wildman–Crippen LogP) is -1.39. The van der Waals surface area contributed by atoms with Gasteiger partial charge in [0, 0.05) is 25.9 Å². The topological polar surface area (TPSA) is 162 Å². The third-order valence-electron chi connectivity index (χ3n) is 2.24. The van der Waals surface area contributed by atoms with Gasteiger partial charge in [0.25, 0.3) is 0 Å². The van der Waals surface area contributed by atoms with Gasteiger partial charge in [-0.15, -0.1) is 0 Å². The zero-order valence-electron chi connectivity index (χ0n) is 10.6. The molecule has 0 unspecified atom stereocenters. The Labute approximate surface area is 110 Å². The molecule has 0 aromatic rings. The lowest BCUT2D eigenvalue weighted by molar-refractivity contribution is -0.125. The minimum Gasteiger partial charge on any atom is -0.356 e. The maximum Gasteiger partial charge on any atom is 0.321 e. The van der Waals surface area contributed by atoms with Gasteiger partial charge in [-0.1, -0.05) is 0 Å². The van der Waals surface area contributed by atoms with Crippen molar-refractivity contribution < 1.29 is 19.2 Å². The van der Waals surface area contributed by atoms with Gasteiger partial charge in [0.05, 0.1) is 0 Å². The molecule has 6 amide bonds. The van der Waals surface area contributed by atoms with E-state index in [9.17, 15) is 14.4 Å². The van der Waals surface area contributed by atoms with Crippen LogP contribution in [-0.4, -0.2) is 41.9 Å². The third-order valence-corrected chi connectivity index (χ3v) is 2.24. The number of hydrogen-bond donors (Lipinski definition) is 4. The summed E-state index contributed by atoms with van der Waals surface area (Å²) in [6.45, 7) is 1.38. The van der Waals surface area contributed by atoms with E-state index in [0.717, 1.165) is 30.7 Å². The second-order valence-electron chi connectivity index (χ2n) is 3.84. The number of primary amides is 3. The predicted molar refractivity (Wildman–Crippen MR) is 66.5 cm³/mol. The summed E-state index contributed by atoms with van der Waals surface area (Å²) in [4.78, 5) is 41.2. The summed E-state index contributed by atoms with van der Waals surface area (Å²) in [5.41, 5.74) is 13.4. The smallest absolute Gasteiger partial charge is 0.321 e. The van der Waals surface area contributed by atoms with Crippen LogP contribution in [0, 0.1) is 0 Å². The third kappa shape index (κ3) is 8.41. The fraction of sp³-hybridized carbons (Fsp3) is 0.600. The van der Waals surface area contributed by atoms with Gasteiger partial charge in [-0.25, -0.2) is 9.59 Å². The molecule has 0 aromatic heterocycles. The molecule has 0 atom stereocenters. The van der Waals surface area contributed by atoms with E-state index in [2.05, 4.69) is 16.8 Å². The van der Waals surface area contributed by atoms with Gasteiger partial charge in [-0.05, 0) is 12.8 Å². The summed E-state index contributed by atoms with van der Waals surface area (Å²) in [5, 5.41) is 2.68. The highest BCUT2D eigenvalue weighted by Gasteiger charge is 2.23. The number of carbonyl (C=O) groups is 4. The average Bonchev–Trinajstić information content (AvgIpc) is 2.89. The molecule has 2 saturated heterocycles. The molecule has 0 aliphatic carbocycles. The van der Waals surface area contributed by atoms with Crippen molar-refractivity contribution in [1.29, 1.82) is 0 Å². The number of nitrogens with two attached hydrogens (primary N) is 3. The van der Waals surface area contributed by atoms with Gasteiger partial charge in [0.1, 0.15) is 0 Å². The first-order valence-electron chi connectivity index (χ1n) is 5.76. The molecule has 9 nitrogen and oxygen atoms in total. The number of rotatable bonds is 0. The number of amides is 6. The normalized spacial score (nSPS) is 16.7. The summed E-state index contributed by atoms with van der Waals surface area (Å²) in [6, 6.07) is -1.46. The molecule has 0 saturated carbocycles. The monoisotopic (exact) mass is 273 g/mol. The number of nitrogens with zero attached hydrogens (tertiary/aromatic N) is 1. The molecule has 0 aromatic carbocycles. The van der Waals surface area contributed by atoms with Crippen molar-refractivity contribution in [2.45, 2.75) is 25.7 Å². The first kappa shape index (κ1) is 16.7. The van der Waals surface area contributed by atoms with E-state index in [4.69, 9.17) is 10.5 Å². The van der Waals surface area contributed by atoms with Crippen molar-refractivity contribution in [2.24, 2.45) is 17.2 Å². The largest absolute Gasteiger partial charge is 0.356 e. The van der Waals surface area contributed by atoms with Crippen LogP contribution in [0.2, 0.25) is 0 Å². The SMILES string of the molecule is NC(=O)N1CCCC1=O.NC(N)=O.O=C1CCCN1. The first-order valence-corrected chi connectivity index (χ1v) is 5.76. The molecule has 9 heteroatoms. The number of urea groups is 2. The summed E-state index contributed by atoms with van der Waals surface area (Å²) >= 11 is 0. The summed E-state index contributed by atoms with van der Waals surface area (Å²) in [6.07, 6.45) is 2.98. The van der Waals surface area contributed by atoms with E-state index in [1.54, 1.807) is 0 Å². The lowest BCUT2D eigenvalue weighted by Gasteiger charge is -2.07. The second-order valence-corrected chi connectivity index (χ2v) is 3.84. The van der Waals surface area contributed by atoms with Crippen LogP contribution in [-0.2, 0) is 9.59 Å². The Morgan fingerprint density at radius 2 is 1.63 bits per heavy atom. The van der Waals surface area contributed by atoms with Crippen molar-refractivity contribution in [3.8, 4) is 0 Å². The van der Waals surface area contributed by atoms with E-state index in [1.807, 2.05) is 0 Å². The molecule has 7 N–H and O–H groups in total. The molecular formula is C10H19N5O4. The van der Waals surface area contributed by atoms with E-state index >= 15 is 0 Å². The molecule has 0 radical (unpaired) electrons. The Morgan fingerprint density at radius 3 is 1.79 bits per heavy atom. The van der Waals surface area contributed by atoms with Gasteiger partial charge in [0.2, 0.25) is 11.8 Å². The van der Waals surface area contributed by atoms with Crippen LogP contribution in [0.15, 0.2) is 0 Å². The quantitative estimate of drug-likeness (QED) is 0.427. The number of imide groups is 1. The Balaban J connectivity index is 0.000000281. The molecule has 2 fully saturated rings. The van der Waals surface area contributed by atoms with Crippen LogP contribution in [0.5, 0.6) is 0 Å². The Hall–Kier alpha value is -2.32. The fourth-order valence-corrected chi connectivity index (χ4v) is 1.45. The molecule has 2 aliphatic rings. The van der Waals surface area contributed by atoms with Crippen LogP contribution in [0.3, 0.4) is 0 Å². The van der Waals surface area contributed by atoms with Crippen molar-refractivity contribution in [2.75, 3.05) is 13.1 Å². The van der Waals surface area contributed by atoms with Crippen molar-refractivity contribution >= 4 is 23.9 Å². The minimum absolute atomic E-state index is 0.150. The fourth-order valence-electron chi connectivity index (χ4n) is 1.45. The lowest BCUT2D eigenvalue weighted by atomic mass is 10.4. The van der Waals surface area contributed by atoms with Crippen molar-refractivity contribution in [3.05, 3.63) is 0 Å². The number of hydrogen-bond acceptors (Lipinski definition) is 4. The zero-order valence-corrected chi connectivity index (χ0v) is 10.6. The maximum absolute atomic E-state index is 10.6. The Morgan fingerprint density at radius 1 is 1.05 bits per heavy atom. The van der Waals surface area contributed by atoms with Crippen molar-refractivity contribution in [3.63, 3.8) is 0 Å². The van der Waals surface area contributed by atoms with Crippen LogP contribution >= 0.6 is 0 Å². The summed E-state index contributed by atoms with van der Waals surface area (Å²) < 4.78 is 0. The molecular weight excluding hydrogens is 254 g/mol. The standard InChI is InChI=1S/C5H8N2O2.C4H7NO.CH4N2O/c6-5(9)7-3-1-2-4(7)8;6-4-2-1-3-5-4;2-1(3)4/h1-3H2,(H2,6,9);1-3H2,(H,5,6);(H4,2,3,4). The molecule has 2 aliphatic heterocycles. The van der Waals surface area contributed by atoms with Gasteiger partial charge in [-0.2, -0.15) is 0 Å². The molecule has 2 heterocycles. The zero-order chi connectivity index (χ0) is 14.8. The second kappa shape index (κ2) is 8.72. The van der Waals surface area contributed by atoms with Gasteiger partial charge in [-0.3, -0.25) is 14.5 Å². The molecule has 2 rings (SSSR count). The minimum atomic E-state index is -0.833. The molecule has 0 spiro atoms. The highest BCUT2D eigenvalue weighted by atomic mass is 16.2. The van der Waals surface area contributed by atoms with Crippen LogP contribution in [0.4, 0.5) is 9.59 Å². The van der Waals surface area contributed by atoms with Gasteiger partial charge < -0.3 is 22.5 Å². The van der Waals surface area contributed by atoms with Crippen molar-refractivity contribution in [1.82, 2.24) is 10.2 Å². The van der Waals surface area contributed by atoms with E-state index in [0.29, 0.717) is 13.0 Å². The Kier molecular flexibility index (Phi) is 7.66. The van der Waals surface area contributed by atoms with E-state index in [-0.39, 0.29) is 11.8 Å². The number of likely N-dealkylation sites (tertiary alicyclic amines) is 1. The highest BCUT2D eigenvalue weighted by Crippen LogP contribution is 2.07. The maximum atomic E-state index is 10.6. The average molecular weight is 273 g/mol. The summed E-state index contributed by atoms with van der Waals surface area (Å²) in [5.74, 6) is 0.0532. The van der Waals surface area contributed by atoms with Gasteiger partial charge in [0.15, 0.2) is 0 Å². The molecule has 108 valence electrons. The van der Waals surface area contributed by atoms with E-state index < -0.39 is 12.1 Å². The number of carbonyl (C=O) groups excluding carboxylic acids is 4. The first-order chi connectivity index (χ1) is 8.84. The lowest BCUT2D eigenvalue weighted by Crippen LogP contribution is -2.36. The molecule has 19 heavy (non-hydrogen) atoms. The Bertz CT molecular complexity index is 346. The van der Waals surface area contributed by atoms with E-state index in [1.165, 1.54) is 0 Å². The van der Waals surface area contributed by atoms with Crippen LogP contribution in [0.1, 0.15) is 25.7 Å². The van der Waals surface area contributed by atoms with Crippen LogP contribution in [0.25, 0.3) is 0 Å². The number of nitrogens with one attached hydrogen (secondary N) is 1. The molecule has 0 bridgehead atoms. The van der Waals surface area contributed by atoms with Gasteiger partial charge >= 0.3 is 12.1 Å². The summed E-state index contributed by atoms with van der Waals surface area (Å²) in [7, 11) is 0.